The number of likely N-dealkylation sites (tertiary alicyclic amines) is 1. The third-order valence-electron chi connectivity index (χ3n) is 4.42. The summed E-state index contributed by atoms with van der Waals surface area (Å²) in [5, 5.41) is 0. The predicted molar refractivity (Wildman–Crippen MR) is 80.4 cm³/mol. The van der Waals surface area contributed by atoms with Gasteiger partial charge in [0.1, 0.15) is 0 Å². The molecule has 0 aromatic heterocycles. The van der Waals surface area contributed by atoms with Crippen LogP contribution in [0.1, 0.15) is 38.5 Å². The molecule has 2 heterocycles. The van der Waals surface area contributed by atoms with E-state index in [1.165, 1.54) is 20.0 Å². The maximum Gasteiger partial charge on any atom is 0.305 e. The smallest absolute Gasteiger partial charge is 0.305 e. The highest BCUT2D eigenvalue weighted by atomic mass is 32.2. The average molecular weight is 318 g/mol. The lowest BCUT2D eigenvalue weighted by atomic mass is 10.1. The number of rotatable bonds is 6. The van der Waals surface area contributed by atoms with Crippen molar-refractivity contribution >= 4 is 16.0 Å². The van der Waals surface area contributed by atoms with Gasteiger partial charge in [0, 0.05) is 25.6 Å². The van der Waals surface area contributed by atoms with E-state index in [1.54, 1.807) is 4.31 Å². The number of esters is 1. The molecule has 122 valence electrons. The molecule has 21 heavy (non-hydrogen) atoms. The Labute approximate surface area is 127 Å². The van der Waals surface area contributed by atoms with Gasteiger partial charge in [-0.15, -0.1) is 0 Å². The Morgan fingerprint density at radius 1 is 1.19 bits per heavy atom. The number of hydrogen-bond acceptors (Lipinski definition) is 5. The predicted octanol–water partition coefficient (Wildman–Crippen LogP) is 0.830. The first-order valence-corrected chi connectivity index (χ1v) is 9.42. The molecular formula is C14H26N2O4S. The minimum absolute atomic E-state index is 0.0365. The first kappa shape index (κ1) is 16.7. The number of ether oxygens (including phenoxy) is 1. The van der Waals surface area contributed by atoms with Crippen LogP contribution >= 0.6 is 0 Å². The lowest BCUT2D eigenvalue weighted by Gasteiger charge is -2.36. The lowest BCUT2D eigenvalue weighted by Crippen LogP contribution is -2.49. The Morgan fingerprint density at radius 2 is 1.90 bits per heavy atom. The molecule has 7 heteroatoms. The van der Waals surface area contributed by atoms with Crippen molar-refractivity contribution in [2.45, 2.75) is 44.6 Å². The van der Waals surface area contributed by atoms with Crippen LogP contribution in [0.3, 0.4) is 0 Å². The van der Waals surface area contributed by atoms with E-state index in [2.05, 4.69) is 9.64 Å². The Hall–Kier alpha value is -0.660. The van der Waals surface area contributed by atoms with Gasteiger partial charge in [0.2, 0.25) is 10.0 Å². The highest BCUT2D eigenvalue weighted by Crippen LogP contribution is 2.22. The summed E-state index contributed by atoms with van der Waals surface area (Å²) in [6, 6.07) is 0.372. The van der Waals surface area contributed by atoms with Crippen LogP contribution in [0.15, 0.2) is 0 Å². The summed E-state index contributed by atoms with van der Waals surface area (Å²) in [5.74, 6) is -0.312. The van der Waals surface area contributed by atoms with Gasteiger partial charge in [0.15, 0.2) is 0 Å². The Kier molecular flexibility index (Phi) is 6.01. The van der Waals surface area contributed by atoms with Crippen LogP contribution in [0.4, 0.5) is 0 Å². The molecule has 1 unspecified atom stereocenters. The van der Waals surface area contributed by atoms with E-state index in [-0.39, 0.29) is 18.1 Å². The fourth-order valence-electron chi connectivity index (χ4n) is 3.21. The molecule has 0 amide bonds. The second-order valence-corrected chi connectivity index (χ2v) is 7.98. The third-order valence-corrected chi connectivity index (χ3v) is 6.34. The van der Waals surface area contributed by atoms with E-state index in [1.807, 2.05) is 0 Å². The van der Waals surface area contributed by atoms with Crippen LogP contribution in [-0.2, 0) is 19.6 Å². The fraction of sp³-hybridized carbons (Fsp3) is 0.929. The molecule has 0 spiro atoms. The number of methoxy groups -OCH3 is 1. The average Bonchev–Trinajstić information content (AvgIpc) is 3.01. The molecule has 0 N–H and O–H groups in total. The van der Waals surface area contributed by atoms with Gasteiger partial charge in [-0.25, -0.2) is 12.7 Å². The zero-order valence-corrected chi connectivity index (χ0v) is 13.6. The zero-order chi connectivity index (χ0) is 15.3. The first-order valence-electron chi connectivity index (χ1n) is 7.81. The van der Waals surface area contributed by atoms with E-state index in [9.17, 15) is 13.2 Å². The molecule has 0 saturated carbocycles. The molecule has 0 radical (unpaired) electrons. The van der Waals surface area contributed by atoms with Gasteiger partial charge in [-0.05, 0) is 45.2 Å². The Bertz CT molecular complexity index is 446. The number of piperidine rings is 1. The van der Waals surface area contributed by atoms with Crippen LogP contribution in [0.2, 0.25) is 0 Å². The second-order valence-electron chi connectivity index (χ2n) is 5.89. The summed E-state index contributed by atoms with van der Waals surface area (Å²) in [6.45, 7) is 3.42. The molecule has 2 aliphatic rings. The normalized spacial score (nSPS) is 25.1. The van der Waals surface area contributed by atoms with Gasteiger partial charge in [-0.3, -0.25) is 9.69 Å². The van der Waals surface area contributed by atoms with Gasteiger partial charge in [0.25, 0.3) is 0 Å². The summed E-state index contributed by atoms with van der Waals surface area (Å²) < 4.78 is 30.9. The molecule has 0 aliphatic carbocycles. The van der Waals surface area contributed by atoms with Crippen LogP contribution < -0.4 is 0 Å². The van der Waals surface area contributed by atoms with Crippen LogP contribution in [0.5, 0.6) is 0 Å². The summed E-state index contributed by atoms with van der Waals surface area (Å²) in [7, 11) is -1.93. The quantitative estimate of drug-likeness (QED) is 0.679. The number of sulfonamides is 1. The zero-order valence-electron chi connectivity index (χ0n) is 12.8. The maximum absolute atomic E-state index is 12.4. The minimum atomic E-state index is -3.25. The number of nitrogens with zero attached hydrogens (tertiary/aromatic N) is 2. The van der Waals surface area contributed by atoms with E-state index >= 15 is 0 Å². The summed E-state index contributed by atoms with van der Waals surface area (Å²) in [6.07, 6.45) is 4.97. The maximum atomic E-state index is 12.4. The van der Waals surface area contributed by atoms with Crippen LogP contribution in [0.25, 0.3) is 0 Å². The summed E-state index contributed by atoms with van der Waals surface area (Å²) in [4.78, 5) is 13.5. The third kappa shape index (κ3) is 4.66. The van der Waals surface area contributed by atoms with Gasteiger partial charge in [0.05, 0.1) is 12.9 Å². The van der Waals surface area contributed by atoms with Crippen molar-refractivity contribution in [1.29, 1.82) is 0 Å². The standard InChI is InChI=1S/C14H26N2O4S/c1-20-14(17)7-5-11-21(18,19)16-10-4-6-13(12-16)15-8-2-3-9-15/h13H,2-12H2,1H3. The molecule has 2 fully saturated rings. The first-order chi connectivity index (χ1) is 10.0. The molecular weight excluding hydrogens is 292 g/mol. The molecule has 0 aromatic rings. The van der Waals surface area contributed by atoms with E-state index < -0.39 is 10.0 Å². The van der Waals surface area contributed by atoms with Crippen molar-refractivity contribution in [2.75, 3.05) is 39.0 Å². The monoisotopic (exact) mass is 318 g/mol. The Morgan fingerprint density at radius 3 is 2.57 bits per heavy atom. The van der Waals surface area contributed by atoms with Gasteiger partial charge in [-0.2, -0.15) is 0 Å². The van der Waals surface area contributed by atoms with Crippen molar-refractivity contribution < 1.29 is 17.9 Å². The molecule has 2 aliphatic heterocycles. The van der Waals surface area contributed by atoms with Gasteiger partial charge >= 0.3 is 5.97 Å². The van der Waals surface area contributed by atoms with Crippen molar-refractivity contribution in [1.82, 2.24) is 9.21 Å². The largest absolute Gasteiger partial charge is 0.469 e. The van der Waals surface area contributed by atoms with E-state index in [0.29, 0.717) is 25.6 Å². The number of hydrogen-bond donors (Lipinski definition) is 0. The molecule has 2 saturated heterocycles. The SMILES string of the molecule is COC(=O)CCCS(=O)(=O)N1CCCC(N2CCCC2)C1. The second kappa shape index (κ2) is 7.56. The number of carbonyl (C=O) groups is 1. The minimum Gasteiger partial charge on any atom is -0.469 e. The fourth-order valence-corrected chi connectivity index (χ4v) is 4.78. The summed E-state index contributed by atoms with van der Waals surface area (Å²) in [5.41, 5.74) is 0. The molecule has 0 bridgehead atoms. The van der Waals surface area contributed by atoms with E-state index in [0.717, 1.165) is 25.9 Å². The topological polar surface area (TPSA) is 66.9 Å². The van der Waals surface area contributed by atoms with Crippen LogP contribution in [0, 0.1) is 0 Å². The molecule has 6 nitrogen and oxygen atoms in total. The highest BCUT2D eigenvalue weighted by Gasteiger charge is 2.32. The van der Waals surface area contributed by atoms with Crippen molar-refractivity contribution in [2.24, 2.45) is 0 Å². The van der Waals surface area contributed by atoms with Crippen molar-refractivity contribution in [3.8, 4) is 0 Å². The van der Waals surface area contributed by atoms with Gasteiger partial charge in [-0.1, -0.05) is 0 Å². The highest BCUT2D eigenvalue weighted by molar-refractivity contribution is 7.89. The van der Waals surface area contributed by atoms with Gasteiger partial charge < -0.3 is 4.74 Å². The van der Waals surface area contributed by atoms with E-state index in [4.69, 9.17) is 0 Å². The van der Waals surface area contributed by atoms with Crippen LogP contribution in [-0.4, -0.2) is 68.7 Å². The van der Waals surface area contributed by atoms with Crippen molar-refractivity contribution in [3.63, 3.8) is 0 Å². The number of carbonyl (C=O) groups excluding carboxylic acids is 1. The molecule has 2 rings (SSSR count). The Balaban J connectivity index is 1.85. The summed E-state index contributed by atoms with van der Waals surface area (Å²) >= 11 is 0. The molecule has 1 atom stereocenters. The molecule has 0 aromatic carbocycles. The van der Waals surface area contributed by atoms with Crippen molar-refractivity contribution in [3.05, 3.63) is 0 Å². The lowest BCUT2D eigenvalue weighted by molar-refractivity contribution is -0.140.